The van der Waals surface area contributed by atoms with Gasteiger partial charge in [0, 0.05) is 12.3 Å². The van der Waals surface area contributed by atoms with Crippen LogP contribution in [-0.2, 0) is 4.74 Å². The molecule has 0 atom stereocenters. The fraction of sp³-hybridized carbons (Fsp3) is 0.583. The molecule has 1 heterocycles. The molecule has 96 valence electrons. The van der Waals surface area contributed by atoms with Crippen LogP contribution >= 0.6 is 11.8 Å². The SMILES string of the molecule is CC(C)(C)OC(=O)N1CCCSC1=C(C#N)C#N. The van der Waals surface area contributed by atoms with E-state index in [9.17, 15) is 4.79 Å². The first-order valence-electron chi connectivity index (χ1n) is 5.57. The molecule has 0 aromatic carbocycles. The van der Waals surface area contributed by atoms with Gasteiger partial charge in [-0.25, -0.2) is 4.79 Å². The fourth-order valence-electron chi connectivity index (χ4n) is 1.39. The normalized spacial score (nSPS) is 15.6. The van der Waals surface area contributed by atoms with Gasteiger partial charge in [0.25, 0.3) is 0 Å². The van der Waals surface area contributed by atoms with Gasteiger partial charge in [0.2, 0.25) is 0 Å². The van der Waals surface area contributed by atoms with Crippen molar-refractivity contribution in [2.75, 3.05) is 12.3 Å². The van der Waals surface area contributed by atoms with Crippen LogP contribution in [0.5, 0.6) is 0 Å². The smallest absolute Gasteiger partial charge is 0.415 e. The number of hydrogen-bond donors (Lipinski definition) is 0. The minimum absolute atomic E-state index is 0.0365. The zero-order chi connectivity index (χ0) is 13.8. The monoisotopic (exact) mass is 265 g/mol. The van der Waals surface area contributed by atoms with Crippen molar-refractivity contribution in [1.29, 1.82) is 10.5 Å². The van der Waals surface area contributed by atoms with E-state index in [1.807, 2.05) is 12.1 Å². The minimum Gasteiger partial charge on any atom is -0.443 e. The van der Waals surface area contributed by atoms with Crippen LogP contribution < -0.4 is 0 Å². The minimum atomic E-state index is -0.593. The predicted molar refractivity (Wildman–Crippen MR) is 68.3 cm³/mol. The maximum absolute atomic E-state index is 12.0. The third-order valence-electron chi connectivity index (χ3n) is 2.06. The van der Waals surface area contributed by atoms with Crippen LogP contribution in [0.4, 0.5) is 4.79 Å². The zero-order valence-electron chi connectivity index (χ0n) is 10.7. The molecule has 1 aliphatic heterocycles. The van der Waals surface area contributed by atoms with Crippen molar-refractivity contribution in [2.45, 2.75) is 32.8 Å². The molecule has 1 amide bonds. The molecule has 0 spiro atoms. The lowest BCUT2D eigenvalue weighted by molar-refractivity contribution is 0.0325. The van der Waals surface area contributed by atoms with E-state index in [1.54, 1.807) is 20.8 Å². The highest BCUT2D eigenvalue weighted by molar-refractivity contribution is 8.03. The number of allylic oxidation sites excluding steroid dienone is 1. The topological polar surface area (TPSA) is 77.1 Å². The summed E-state index contributed by atoms with van der Waals surface area (Å²) < 4.78 is 5.27. The Labute approximate surface area is 111 Å². The van der Waals surface area contributed by atoms with E-state index in [-0.39, 0.29) is 5.57 Å². The van der Waals surface area contributed by atoms with Crippen LogP contribution in [0, 0.1) is 22.7 Å². The number of carbonyl (C=O) groups excluding carboxylic acids is 1. The van der Waals surface area contributed by atoms with Crippen molar-refractivity contribution in [2.24, 2.45) is 0 Å². The molecular weight excluding hydrogens is 250 g/mol. The number of carbonyl (C=O) groups is 1. The molecule has 0 radical (unpaired) electrons. The summed E-state index contributed by atoms with van der Waals surface area (Å²) >= 11 is 1.34. The largest absolute Gasteiger partial charge is 0.443 e. The summed E-state index contributed by atoms with van der Waals surface area (Å²) in [5, 5.41) is 18.2. The Morgan fingerprint density at radius 3 is 2.50 bits per heavy atom. The second kappa shape index (κ2) is 5.79. The summed E-state index contributed by atoms with van der Waals surface area (Å²) in [7, 11) is 0. The van der Waals surface area contributed by atoms with E-state index < -0.39 is 11.7 Å². The van der Waals surface area contributed by atoms with Gasteiger partial charge >= 0.3 is 6.09 Å². The number of amides is 1. The Bertz CT molecular complexity index is 435. The summed E-state index contributed by atoms with van der Waals surface area (Å²) in [6.45, 7) is 5.81. The van der Waals surface area contributed by atoms with Gasteiger partial charge in [0.15, 0.2) is 5.57 Å². The van der Waals surface area contributed by atoms with Gasteiger partial charge in [0.1, 0.15) is 22.8 Å². The number of thioether (sulfide) groups is 1. The molecule has 1 aliphatic rings. The fourth-order valence-corrected chi connectivity index (χ4v) is 2.41. The molecule has 0 saturated carbocycles. The number of rotatable bonds is 0. The molecule has 0 aromatic heterocycles. The summed E-state index contributed by atoms with van der Waals surface area (Å²) in [6.07, 6.45) is 0.310. The van der Waals surface area contributed by atoms with Crippen LogP contribution in [-0.4, -0.2) is 28.9 Å². The average Bonchev–Trinajstić information content (AvgIpc) is 2.29. The lowest BCUT2D eigenvalue weighted by Gasteiger charge is -2.31. The van der Waals surface area contributed by atoms with Crippen LogP contribution in [0.3, 0.4) is 0 Å². The number of nitriles is 2. The molecule has 1 fully saturated rings. The van der Waals surface area contributed by atoms with Gasteiger partial charge in [0.05, 0.1) is 0 Å². The lowest BCUT2D eigenvalue weighted by atomic mass is 10.2. The molecular formula is C12H15N3O2S. The Hall–Kier alpha value is -1.66. The van der Waals surface area contributed by atoms with Crippen LogP contribution in [0.2, 0.25) is 0 Å². The molecule has 0 aliphatic carbocycles. The Morgan fingerprint density at radius 2 is 2.00 bits per heavy atom. The molecule has 0 bridgehead atoms. The van der Waals surface area contributed by atoms with Gasteiger partial charge < -0.3 is 4.74 Å². The molecule has 1 saturated heterocycles. The standard InChI is InChI=1S/C12H15N3O2S/c1-12(2,3)17-11(16)15-5-4-6-18-10(15)9(7-13)8-14/h4-6H2,1-3H3. The van der Waals surface area contributed by atoms with E-state index in [0.29, 0.717) is 11.6 Å². The highest BCUT2D eigenvalue weighted by atomic mass is 32.2. The van der Waals surface area contributed by atoms with Crippen molar-refractivity contribution in [3.05, 3.63) is 10.6 Å². The summed E-state index contributed by atoms with van der Waals surface area (Å²) in [5.41, 5.74) is -0.630. The quantitative estimate of drug-likeness (QED) is 0.629. The maximum Gasteiger partial charge on any atom is 0.415 e. The Kier molecular flexibility index (Phi) is 4.63. The van der Waals surface area contributed by atoms with Crippen molar-refractivity contribution in [3.63, 3.8) is 0 Å². The summed E-state index contributed by atoms with van der Waals surface area (Å²) in [5.74, 6) is 0.793. The van der Waals surface area contributed by atoms with Crippen LogP contribution in [0.15, 0.2) is 10.6 Å². The second-order valence-corrected chi connectivity index (χ2v) is 5.82. The second-order valence-electron chi connectivity index (χ2n) is 4.74. The van der Waals surface area contributed by atoms with Crippen LogP contribution in [0.1, 0.15) is 27.2 Å². The number of nitrogens with zero attached hydrogens (tertiary/aromatic N) is 3. The molecule has 0 aromatic rings. The molecule has 6 heteroatoms. The highest BCUT2D eigenvalue weighted by Gasteiger charge is 2.29. The van der Waals surface area contributed by atoms with Crippen molar-refractivity contribution >= 4 is 17.9 Å². The lowest BCUT2D eigenvalue weighted by Crippen LogP contribution is -2.38. The van der Waals surface area contributed by atoms with Crippen LogP contribution in [0.25, 0.3) is 0 Å². The van der Waals surface area contributed by atoms with E-state index in [2.05, 4.69) is 0 Å². The first-order chi connectivity index (χ1) is 8.39. The third kappa shape index (κ3) is 3.68. The van der Waals surface area contributed by atoms with Gasteiger partial charge in [-0.1, -0.05) is 0 Å². The third-order valence-corrected chi connectivity index (χ3v) is 3.25. The Balaban J connectivity index is 2.99. The average molecular weight is 265 g/mol. The van der Waals surface area contributed by atoms with E-state index in [1.165, 1.54) is 16.7 Å². The highest BCUT2D eigenvalue weighted by Crippen LogP contribution is 2.30. The summed E-state index contributed by atoms with van der Waals surface area (Å²) in [4.78, 5) is 13.4. The number of hydrogen-bond acceptors (Lipinski definition) is 5. The van der Waals surface area contributed by atoms with E-state index in [0.717, 1.165) is 12.2 Å². The van der Waals surface area contributed by atoms with Crippen molar-refractivity contribution in [3.8, 4) is 12.1 Å². The van der Waals surface area contributed by atoms with E-state index >= 15 is 0 Å². The molecule has 0 unspecified atom stereocenters. The molecule has 0 N–H and O–H groups in total. The predicted octanol–water partition coefficient (Wildman–Crippen LogP) is 2.62. The molecule has 18 heavy (non-hydrogen) atoms. The van der Waals surface area contributed by atoms with Crippen molar-refractivity contribution in [1.82, 2.24) is 4.90 Å². The maximum atomic E-state index is 12.0. The van der Waals surface area contributed by atoms with Gasteiger partial charge in [-0.2, -0.15) is 10.5 Å². The first-order valence-corrected chi connectivity index (χ1v) is 6.55. The molecule has 1 rings (SSSR count). The van der Waals surface area contributed by atoms with Gasteiger partial charge in [-0.3, -0.25) is 4.90 Å². The van der Waals surface area contributed by atoms with Crippen molar-refractivity contribution < 1.29 is 9.53 Å². The zero-order valence-corrected chi connectivity index (χ0v) is 11.5. The van der Waals surface area contributed by atoms with E-state index in [4.69, 9.17) is 15.3 Å². The van der Waals surface area contributed by atoms with Gasteiger partial charge in [-0.05, 0) is 27.2 Å². The first kappa shape index (κ1) is 14.4. The Morgan fingerprint density at radius 1 is 1.39 bits per heavy atom. The van der Waals surface area contributed by atoms with Gasteiger partial charge in [-0.15, -0.1) is 11.8 Å². The number of ether oxygens (including phenoxy) is 1. The summed E-state index contributed by atoms with van der Waals surface area (Å²) in [6, 6.07) is 3.63. The molecule has 5 nitrogen and oxygen atoms in total.